The number of nitrogens with zero attached hydrogens (tertiary/aromatic N) is 2. The lowest BCUT2D eigenvalue weighted by atomic mass is 10.2. The summed E-state index contributed by atoms with van der Waals surface area (Å²) in [7, 11) is -3.47. The fourth-order valence-electron chi connectivity index (χ4n) is 3.02. The Hall–Kier alpha value is -1.15. The monoisotopic (exact) mass is 355 g/mol. The molecule has 1 aromatic rings. The smallest absolute Gasteiger partial charge is 0.279 e. The number of aryl methyl sites for hydroxylation is 1. The number of anilines is 1. The molecule has 0 amide bonds. The fourth-order valence-corrected chi connectivity index (χ4v) is 4.37. The summed E-state index contributed by atoms with van der Waals surface area (Å²) in [5.74, 6) is 0. The van der Waals surface area contributed by atoms with Crippen LogP contribution in [-0.4, -0.2) is 57.7 Å². The molecule has 1 N–H and O–H groups in total. The van der Waals surface area contributed by atoms with E-state index in [1.165, 1.54) is 9.87 Å². The van der Waals surface area contributed by atoms with Crippen LogP contribution < -0.4 is 9.62 Å². The van der Waals surface area contributed by atoms with E-state index in [1.807, 2.05) is 19.9 Å². The van der Waals surface area contributed by atoms with Gasteiger partial charge in [-0.25, -0.2) is 4.72 Å². The molecule has 0 spiro atoms. The highest BCUT2D eigenvalue weighted by Crippen LogP contribution is 2.16. The van der Waals surface area contributed by atoms with Crippen LogP contribution in [0.1, 0.15) is 26.3 Å². The second kappa shape index (κ2) is 8.29. The van der Waals surface area contributed by atoms with Crippen LogP contribution in [0.3, 0.4) is 0 Å². The van der Waals surface area contributed by atoms with Crippen molar-refractivity contribution in [2.24, 2.45) is 0 Å². The lowest BCUT2D eigenvalue weighted by Crippen LogP contribution is -2.52. The number of ether oxygens (including phenoxy) is 1. The van der Waals surface area contributed by atoms with E-state index < -0.39 is 10.2 Å². The molecule has 1 fully saturated rings. The summed E-state index contributed by atoms with van der Waals surface area (Å²) in [4.78, 5) is 2.17. The van der Waals surface area contributed by atoms with E-state index in [0.29, 0.717) is 26.2 Å². The Balaban J connectivity index is 1.91. The van der Waals surface area contributed by atoms with Crippen molar-refractivity contribution >= 4 is 15.9 Å². The number of morpholine rings is 1. The highest BCUT2D eigenvalue weighted by atomic mass is 32.2. The molecule has 1 saturated heterocycles. The number of nitrogens with one attached hydrogen (secondary N) is 1. The number of hydrogen-bond donors (Lipinski definition) is 1. The Morgan fingerprint density at radius 2 is 1.96 bits per heavy atom. The third kappa shape index (κ3) is 5.17. The fraction of sp³-hybridized carbons (Fsp3) is 0.647. The van der Waals surface area contributed by atoms with Crippen LogP contribution in [0.25, 0.3) is 0 Å². The van der Waals surface area contributed by atoms with Crippen molar-refractivity contribution in [2.75, 3.05) is 37.6 Å². The first-order valence-corrected chi connectivity index (χ1v) is 9.97. The summed E-state index contributed by atoms with van der Waals surface area (Å²) in [5, 5.41) is 0. The van der Waals surface area contributed by atoms with Gasteiger partial charge < -0.3 is 9.64 Å². The third-order valence-electron chi connectivity index (χ3n) is 4.14. The van der Waals surface area contributed by atoms with Crippen molar-refractivity contribution in [3.8, 4) is 0 Å². The average molecular weight is 356 g/mol. The summed E-state index contributed by atoms with van der Waals surface area (Å²) in [6, 6.07) is 8.24. The Labute approximate surface area is 146 Å². The minimum absolute atomic E-state index is 0.0789. The van der Waals surface area contributed by atoms with E-state index in [2.05, 4.69) is 41.7 Å². The van der Waals surface area contributed by atoms with Crippen molar-refractivity contribution < 1.29 is 13.2 Å². The highest BCUT2D eigenvalue weighted by Gasteiger charge is 2.30. The molecule has 7 heteroatoms. The second-order valence-electron chi connectivity index (χ2n) is 6.39. The van der Waals surface area contributed by atoms with Gasteiger partial charge in [0.05, 0.1) is 12.2 Å². The highest BCUT2D eigenvalue weighted by molar-refractivity contribution is 7.87. The molecule has 1 aliphatic heterocycles. The topological polar surface area (TPSA) is 61.9 Å². The van der Waals surface area contributed by atoms with Crippen molar-refractivity contribution in [3.63, 3.8) is 0 Å². The Morgan fingerprint density at radius 3 is 2.54 bits per heavy atom. The maximum absolute atomic E-state index is 12.5. The van der Waals surface area contributed by atoms with Gasteiger partial charge in [-0.2, -0.15) is 12.7 Å². The lowest BCUT2D eigenvalue weighted by molar-refractivity contribution is -0.0443. The molecule has 2 rings (SSSR count). The SMILES string of the molecule is CCN(CCNS(=O)(=O)N1CC(C)OC(C)C1)c1cccc(C)c1. The van der Waals surface area contributed by atoms with E-state index in [0.717, 1.165) is 12.2 Å². The number of likely N-dealkylation sites (N-methyl/N-ethyl adjacent to an activating group) is 1. The summed E-state index contributed by atoms with van der Waals surface area (Å²) in [6.07, 6.45) is -0.158. The Kier molecular flexibility index (Phi) is 6.62. The van der Waals surface area contributed by atoms with Gasteiger partial charge in [-0.3, -0.25) is 0 Å². The molecule has 0 saturated carbocycles. The first-order chi connectivity index (χ1) is 11.3. The van der Waals surface area contributed by atoms with Crippen molar-refractivity contribution in [2.45, 2.75) is 39.9 Å². The van der Waals surface area contributed by atoms with Crippen molar-refractivity contribution in [3.05, 3.63) is 29.8 Å². The second-order valence-corrected chi connectivity index (χ2v) is 8.15. The molecule has 6 nitrogen and oxygen atoms in total. The van der Waals surface area contributed by atoms with Crippen LogP contribution >= 0.6 is 0 Å². The van der Waals surface area contributed by atoms with Gasteiger partial charge in [-0.1, -0.05) is 12.1 Å². The van der Waals surface area contributed by atoms with Gasteiger partial charge in [0.15, 0.2) is 0 Å². The zero-order valence-electron chi connectivity index (χ0n) is 15.0. The van der Waals surface area contributed by atoms with Gasteiger partial charge in [0.25, 0.3) is 10.2 Å². The Bertz CT molecular complexity index is 626. The molecule has 0 aromatic heterocycles. The van der Waals surface area contributed by atoms with Gasteiger partial charge in [0.2, 0.25) is 0 Å². The largest absolute Gasteiger partial charge is 0.373 e. The molecule has 1 heterocycles. The number of rotatable bonds is 7. The van der Waals surface area contributed by atoms with Gasteiger partial charge in [0, 0.05) is 38.4 Å². The van der Waals surface area contributed by atoms with Gasteiger partial charge >= 0.3 is 0 Å². The summed E-state index contributed by atoms with van der Waals surface area (Å²) in [5.41, 5.74) is 2.31. The maximum Gasteiger partial charge on any atom is 0.279 e. The lowest BCUT2D eigenvalue weighted by Gasteiger charge is -2.34. The molecule has 2 atom stereocenters. The quantitative estimate of drug-likeness (QED) is 0.810. The zero-order valence-corrected chi connectivity index (χ0v) is 15.8. The van der Waals surface area contributed by atoms with E-state index >= 15 is 0 Å². The molecule has 0 aliphatic carbocycles. The van der Waals surface area contributed by atoms with E-state index in [4.69, 9.17) is 4.74 Å². The third-order valence-corrected chi connectivity index (χ3v) is 5.69. The van der Waals surface area contributed by atoms with Crippen LogP contribution in [0.4, 0.5) is 5.69 Å². The molecule has 0 radical (unpaired) electrons. The van der Waals surface area contributed by atoms with Crippen LogP contribution in [0, 0.1) is 6.92 Å². The normalized spacial score (nSPS) is 22.5. The molecule has 24 heavy (non-hydrogen) atoms. The zero-order chi connectivity index (χ0) is 17.7. The van der Waals surface area contributed by atoms with Gasteiger partial charge in [-0.05, 0) is 45.4 Å². The van der Waals surface area contributed by atoms with Crippen LogP contribution in [0.2, 0.25) is 0 Å². The van der Waals surface area contributed by atoms with E-state index in [1.54, 1.807) is 0 Å². The first kappa shape index (κ1) is 19.2. The van der Waals surface area contributed by atoms with Crippen LogP contribution in [0.5, 0.6) is 0 Å². The average Bonchev–Trinajstić information content (AvgIpc) is 2.50. The van der Waals surface area contributed by atoms with Crippen LogP contribution in [0.15, 0.2) is 24.3 Å². The molecule has 1 aromatic carbocycles. The van der Waals surface area contributed by atoms with Crippen molar-refractivity contribution in [1.29, 1.82) is 0 Å². The molecule has 1 aliphatic rings. The summed E-state index contributed by atoms with van der Waals surface area (Å²) >= 11 is 0. The van der Waals surface area contributed by atoms with Gasteiger partial charge in [0.1, 0.15) is 0 Å². The van der Waals surface area contributed by atoms with Gasteiger partial charge in [-0.15, -0.1) is 0 Å². The molecule has 0 bridgehead atoms. The predicted octanol–water partition coefficient (Wildman–Crippen LogP) is 1.76. The first-order valence-electron chi connectivity index (χ1n) is 8.53. The molecular formula is C17H29N3O3S. The molecular weight excluding hydrogens is 326 g/mol. The Morgan fingerprint density at radius 1 is 1.29 bits per heavy atom. The molecule has 2 unspecified atom stereocenters. The standard InChI is InChI=1S/C17H29N3O3S/c1-5-19(17-8-6-7-14(2)11-17)10-9-18-24(21,22)20-12-15(3)23-16(4)13-20/h6-8,11,15-16,18H,5,9-10,12-13H2,1-4H3. The minimum atomic E-state index is -3.47. The number of hydrogen-bond acceptors (Lipinski definition) is 4. The minimum Gasteiger partial charge on any atom is -0.373 e. The number of benzene rings is 1. The maximum atomic E-state index is 12.5. The summed E-state index contributed by atoms with van der Waals surface area (Å²) in [6.45, 7) is 10.6. The van der Waals surface area contributed by atoms with E-state index in [9.17, 15) is 8.42 Å². The predicted molar refractivity (Wildman–Crippen MR) is 97.6 cm³/mol. The van der Waals surface area contributed by atoms with Crippen molar-refractivity contribution in [1.82, 2.24) is 9.03 Å². The molecule has 136 valence electrons. The summed E-state index contributed by atoms with van der Waals surface area (Å²) < 4.78 is 34.8. The van der Waals surface area contributed by atoms with Crippen LogP contribution in [-0.2, 0) is 14.9 Å². The van der Waals surface area contributed by atoms with E-state index in [-0.39, 0.29) is 12.2 Å².